The van der Waals surface area contributed by atoms with Gasteiger partial charge in [0.15, 0.2) is 0 Å². The maximum absolute atomic E-state index is 12.4. The number of phenolic OH excluding ortho intramolecular Hbond substituents is 1. The maximum Gasteiger partial charge on any atom is 0.227 e. The zero-order valence-corrected chi connectivity index (χ0v) is 13.9. The second kappa shape index (κ2) is 7.06. The number of halogens is 1. The molecular weight excluding hydrogens is 334 g/mol. The van der Waals surface area contributed by atoms with Gasteiger partial charge in [0.05, 0.1) is 6.42 Å². The van der Waals surface area contributed by atoms with E-state index in [4.69, 9.17) is 16.3 Å². The van der Waals surface area contributed by atoms with Gasteiger partial charge < -0.3 is 14.7 Å². The van der Waals surface area contributed by atoms with Gasteiger partial charge in [0.2, 0.25) is 5.91 Å². The molecular formula is C17H16ClNO3S. The number of nitrogens with zero attached hydrogens (tertiary/aromatic N) is 1. The Morgan fingerprint density at radius 3 is 2.87 bits per heavy atom. The van der Waals surface area contributed by atoms with E-state index in [2.05, 4.69) is 0 Å². The Morgan fingerprint density at radius 2 is 2.13 bits per heavy atom. The van der Waals surface area contributed by atoms with Crippen molar-refractivity contribution in [2.24, 2.45) is 0 Å². The largest absolute Gasteiger partial charge is 0.508 e. The predicted molar refractivity (Wildman–Crippen MR) is 91.1 cm³/mol. The highest BCUT2D eigenvalue weighted by Crippen LogP contribution is 2.35. The summed E-state index contributed by atoms with van der Waals surface area (Å²) in [5.74, 6) is 0.927. The van der Waals surface area contributed by atoms with Crippen LogP contribution in [0.15, 0.2) is 47.3 Å². The van der Waals surface area contributed by atoms with Crippen molar-refractivity contribution >= 4 is 28.8 Å². The third-order valence-corrected chi connectivity index (χ3v) is 5.00. The third-order valence-electron chi connectivity index (χ3n) is 3.76. The molecule has 1 N–H and O–H groups in total. The van der Waals surface area contributed by atoms with Gasteiger partial charge in [-0.3, -0.25) is 4.79 Å². The van der Waals surface area contributed by atoms with Crippen LogP contribution in [0.4, 0.5) is 0 Å². The summed E-state index contributed by atoms with van der Waals surface area (Å²) in [5, 5.41) is 11.3. The van der Waals surface area contributed by atoms with Crippen molar-refractivity contribution in [1.29, 1.82) is 0 Å². The van der Waals surface area contributed by atoms with Crippen LogP contribution in [-0.2, 0) is 11.2 Å². The average Bonchev–Trinajstić information content (AvgIpc) is 3.00. The molecule has 1 aliphatic heterocycles. The first kappa shape index (κ1) is 15.9. The monoisotopic (exact) mass is 349 g/mol. The molecule has 0 saturated carbocycles. The van der Waals surface area contributed by atoms with Crippen LogP contribution in [0, 0.1) is 0 Å². The number of hydrogen-bond donors (Lipinski definition) is 1. The molecule has 0 spiro atoms. The van der Waals surface area contributed by atoms with Crippen LogP contribution in [0.2, 0.25) is 0 Å². The molecule has 1 amide bonds. The fraction of sp³-hybridized carbons (Fsp3) is 0.235. The third kappa shape index (κ3) is 3.51. The Kier molecular flexibility index (Phi) is 4.88. The standard InChI is InChI=1S/C17H16ClNO3S/c18-7-1-8-19-15(11-22-14-4-2-13(20)3-5-14)17-12(6-9-23-17)10-16(19)21/h1-7,9,15,20H,8,10-11H2/b7-1+. The Bertz CT molecular complexity index is 711. The second-order valence-electron chi connectivity index (χ2n) is 5.22. The maximum atomic E-state index is 12.4. The Balaban J connectivity index is 1.80. The van der Waals surface area contributed by atoms with Crippen LogP contribution in [0.3, 0.4) is 0 Å². The lowest BCUT2D eigenvalue weighted by Crippen LogP contribution is -2.42. The number of fused-ring (bicyclic) bond motifs is 1. The zero-order chi connectivity index (χ0) is 16.2. The van der Waals surface area contributed by atoms with Crippen molar-refractivity contribution in [3.8, 4) is 11.5 Å². The average molecular weight is 350 g/mol. The molecule has 23 heavy (non-hydrogen) atoms. The molecule has 120 valence electrons. The van der Waals surface area contributed by atoms with Crippen molar-refractivity contribution in [3.63, 3.8) is 0 Å². The SMILES string of the molecule is O=C1Cc2ccsc2C(COc2ccc(O)cc2)N1C/C=C/Cl. The number of ether oxygens (including phenoxy) is 1. The van der Waals surface area contributed by atoms with Gasteiger partial charge in [0, 0.05) is 17.0 Å². The number of rotatable bonds is 5. The summed E-state index contributed by atoms with van der Waals surface area (Å²) in [6.07, 6.45) is 2.18. The van der Waals surface area contributed by atoms with Crippen molar-refractivity contribution in [3.05, 3.63) is 57.8 Å². The van der Waals surface area contributed by atoms with Crippen LogP contribution in [0.5, 0.6) is 11.5 Å². The molecule has 0 radical (unpaired) electrons. The lowest BCUT2D eigenvalue weighted by atomic mass is 10.0. The molecule has 1 atom stereocenters. The van der Waals surface area contributed by atoms with Crippen LogP contribution >= 0.6 is 22.9 Å². The first-order chi connectivity index (χ1) is 11.2. The van der Waals surface area contributed by atoms with Gasteiger partial charge in [-0.25, -0.2) is 0 Å². The van der Waals surface area contributed by atoms with E-state index in [1.165, 1.54) is 5.54 Å². The zero-order valence-electron chi connectivity index (χ0n) is 12.3. The summed E-state index contributed by atoms with van der Waals surface area (Å²) in [7, 11) is 0. The molecule has 1 aliphatic rings. The van der Waals surface area contributed by atoms with Crippen molar-refractivity contribution in [2.75, 3.05) is 13.2 Å². The minimum absolute atomic E-state index is 0.0740. The number of carbonyl (C=O) groups excluding carboxylic acids is 1. The van der Waals surface area contributed by atoms with Crippen molar-refractivity contribution in [1.82, 2.24) is 4.90 Å². The van der Waals surface area contributed by atoms with Crippen molar-refractivity contribution in [2.45, 2.75) is 12.5 Å². The minimum Gasteiger partial charge on any atom is -0.508 e. The smallest absolute Gasteiger partial charge is 0.227 e. The highest BCUT2D eigenvalue weighted by Gasteiger charge is 2.33. The highest BCUT2D eigenvalue weighted by molar-refractivity contribution is 7.10. The lowest BCUT2D eigenvalue weighted by molar-refractivity contribution is -0.134. The van der Waals surface area contributed by atoms with Crippen LogP contribution in [0.1, 0.15) is 16.5 Å². The molecule has 0 aliphatic carbocycles. The lowest BCUT2D eigenvalue weighted by Gasteiger charge is -2.34. The van der Waals surface area contributed by atoms with Gasteiger partial charge in [0.25, 0.3) is 0 Å². The molecule has 1 aromatic carbocycles. The van der Waals surface area contributed by atoms with E-state index in [1.54, 1.807) is 46.6 Å². The molecule has 0 saturated heterocycles. The van der Waals surface area contributed by atoms with Crippen LogP contribution in [-0.4, -0.2) is 29.1 Å². The highest BCUT2D eigenvalue weighted by atomic mass is 35.5. The predicted octanol–water partition coefficient (Wildman–Crippen LogP) is 3.71. The van der Waals surface area contributed by atoms with Crippen LogP contribution in [0.25, 0.3) is 0 Å². The van der Waals surface area contributed by atoms with E-state index in [0.717, 1.165) is 10.4 Å². The number of phenols is 1. The Labute approximate surface area is 143 Å². The van der Waals surface area contributed by atoms with E-state index in [0.29, 0.717) is 25.3 Å². The van der Waals surface area contributed by atoms with Crippen LogP contribution < -0.4 is 4.74 Å². The number of amides is 1. The summed E-state index contributed by atoms with van der Waals surface area (Å²) in [6.45, 7) is 0.823. The van der Waals surface area contributed by atoms with Gasteiger partial charge in [0.1, 0.15) is 24.1 Å². The molecule has 2 aromatic rings. The van der Waals surface area contributed by atoms with Crippen molar-refractivity contribution < 1.29 is 14.6 Å². The number of aromatic hydroxyl groups is 1. The van der Waals surface area contributed by atoms with Gasteiger partial charge in [-0.15, -0.1) is 11.3 Å². The summed E-state index contributed by atoms with van der Waals surface area (Å²) < 4.78 is 5.83. The van der Waals surface area contributed by atoms with Gasteiger partial charge >= 0.3 is 0 Å². The van der Waals surface area contributed by atoms with E-state index < -0.39 is 0 Å². The summed E-state index contributed by atoms with van der Waals surface area (Å²) in [4.78, 5) is 15.3. The molecule has 6 heteroatoms. The first-order valence-electron chi connectivity index (χ1n) is 7.22. The number of carbonyl (C=O) groups is 1. The summed E-state index contributed by atoms with van der Waals surface area (Å²) in [6, 6.07) is 8.43. The Morgan fingerprint density at radius 1 is 1.35 bits per heavy atom. The molecule has 4 nitrogen and oxygen atoms in total. The van der Waals surface area contributed by atoms with E-state index in [9.17, 15) is 9.90 Å². The molecule has 0 fully saturated rings. The second-order valence-corrected chi connectivity index (χ2v) is 6.42. The van der Waals surface area contributed by atoms with E-state index >= 15 is 0 Å². The first-order valence-corrected chi connectivity index (χ1v) is 8.53. The Hall–Kier alpha value is -1.98. The summed E-state index contributed by atoms with van der Waals surface area (Å²) in [5.41, 5.74) is 2.50. The quantitative estimate of drug-likeness (QED) is 0.895. The number of hydrogen-bond acceptors (Lipinski definition) is 4. The molecule has 1 unspecified atom stereocenters. The number of benzene rings is 1. The normalized spacial score (nSPS) is 17.5. The van der Waals surface area contributed by atoms with E-state index in [-0.39, 0.29) is 17.7 Å². The van der Waals surface area contributed by atoms with Gasteiger partial charge in [-0.1, -0.05) is 17.7 Å². The fourth-order valence-corrected chi connectivity index (χ4v) is 3.73. The van der Waals surface area contributed by atoms with Gasteiger partial charge in [-0.05, 0) is 41.3 Å². The molecule has 2 heterocycles. The van der Waals surface area contributed by atoms with E-state index in [1.807, 2.05) is 11.4 Å². The molecule has 0 bridgehead atoms. The summed E-state index contributed by atoms with van der Waals surface area (Å²) >= 11 is 7.25. The number of thiophene rings is 1. The fourth-order valence-electron chi connectivity index (χ4n) is 2.63. The minimum atomic E-state index is -0.132. The molecule has 1 aromatic heterocycles. The van der Waals surface area contributed by atoms with Gasteiger partial charge in [-0.2, -0.15) is 0 Å². The molecule has 3 rings (SSSR count). The topological polar surface area (TPSA) is 49.8 Å².